The van der Waals surface area contributed by atoms with E-state index in [1.165, 1.54) is 5.56 Å². The van der Waals surface area contributed by atoms with Gasteiger partial charge in [0.2, 0.25) is 0 Å². The lowest BCUT2D eigenvalue weighted by atomic mass is 10.0. The molecular formula is C32H38N2O6. The number of carbonyl (C=O) groups excluding carboxylic acids is 2. The number of phenols is 1. The predicted molar refractivity (Wildman–Crippen MR) is 154 cm³/mol. The topological polar surface area (TPSA) is 97.3 Å². The molecule has 0 radical (unpaired) electrons. The number of nitrogens with zero attached hydrogens (tertiary/aromatic N) is 1. The van der Waals surface area contributed by atoms with E-state index in [-0.39, 0.29) is 24.5 Å². The molecular weight excluding hydrogens is 508 g/mol. The van der Waals surface area contributed by atoms with Gasteiger partial charge in [0.1, 0.15) is 17.2 Å². The van der Waals surface area contributed by atoms with Gasteiger partial charge >= 0.3 is 11.9 Å². The van der Waals surface area contributed by atoms with E-state index in [1.807, 2.05) is 38.1 Å². The normalized spacial score (nSPS) is 15.6. The molecule has 8 heteroatoms. The molecule has 2 atom stereocenters. The van der Waals surface area contributed by atoms with Gasteiger partial charge < -0.3 is 24.6 Å². The first-order valence-corrected chi connectivity index (χ1v) is 13.7. The van der Waals surface area contributed by atoms with Crippen LogP contribution in [0, 0.1) is 13.8 Å². The van der Waals surface area contributed by atoms with Crippen LogP contribution in [0.15, 0.2) is 60.7 Å². The van der Waals surface area contributed by atoms with Crippen LogP contribution in [0.1, 0.15) is 55.0 Å². The van der Waals surface area contributed by atoms with Crippen LogP contribution in [0.5, 0.6) is 17.2 Å². The number of hydrogen-bond acceptors (Lipinski definition) is 7. The van der Waals surface area contributed by atoms with E-state index in [1.54, 1.807) is 31.2 Å². The summed E-state index contributed by atoms with van der Waals surface area (Å²) in [5, 5.41) is 13.4. The first kappa shape index (κ1) is 29.1. The lowest BCUT2D eigenvalue weighted by Gasteiger charge is -2.32. The highest BCUT2D eigenvalue weighted by atomic mass is 16.5. The zero-order chi connectivity index (χ0) is 28.6. The fourth-order valence-electron chi connectivity index (χ4n) is 5.00. The lowest BCUT2D eigenvalue weighted by molar-refractivity contribution is -0.152. The molecule has 1 aliphatic heterocycles. The summed E-state index contributed by atoms with van der Waals surface area (Å²) in [7, 11) is 0. The van der Waals surface area contributed by atoms with Crippen molar-refractivity contribution < 1.29 is 28.9 Å². The predicted octanol–water partition coefficient (Wildman–Crippen LogP) is 6.05. The second-order valence-corrected chi connectivity index (χ2v) is 10.2. The SMILES string of the molecule is CCOC(=O)C(=O)Nc1cc(C)c(Oc2ccc(O)c(CN(CC3CCCO3)C(C)c3ccccc3)c2)c(C)c1. The molecule has 1 heterocycles. The molecule has 212 valence electrons. The van der Waals surface area contributed by atoms with Gasteiger partial charge in [0.15, 0.2) is 0 Å². The summed E-state index contributed by atoms with van der Waals surface area (Å²) in [6.07, 6.45) is 2.26. The van der Waals surface area contributed by atoms with E-state index in [9.17, 15) is 14.7 Å². The van der Waals surface area contributed by atoms with Gasteiger partial charge in [0, 0.05) is 37.0 Å². The van der Waals surface area contributed by atoms with Gasteiger partial charge in [0.05, 0.1) is 12.7 Å². The minimum Gasteiger partial charge on any atom is -0.508 e. The number of benzene rings is 3. The summed E-state index contributed by atoms with van der Waals surface area (Å²) in [5.41, 5.74) is 4.00. The van der Waals surface area contributed by atoms with E-state index in [0.717, 1.165) is 42.7 Å². The summed E-state index contributed by atoms with van der Waals surface area (Å²) in [6, 6.07) is 19.2. The number of anilines is 1. The molecule has 40 heavy (non-hydrogen) atoms. The highest BCUT2D eigenvalue weighted by Crippen LogP contribution is 2.35. The maximum Gasteiger partial charge on any atom is 0.397 e. The fourth-order valence-corrected chi connectivity index (χ4v) is 5.00. The van der Waals surface area contributed by atoms with Gasteiger partial charge in [-0.15, -0.1) is 0 Å². The van der Waals surface area contributed by atoms with Gasteiger partial charge in [-0.3, -0.25) is 9.69 Å². The second-order valence-electron chi connectivity index (χ2n) is 10.2. The number of esters is 1. The average Bonchev–Trinajstić information content (AvgIpc) is 3.45. The Morgan fingerprint density at radius 1 is 1.10 bits per heavy atom. The molecule has 2 N–H and O–H groups in total. The standard InChI is InChI=1S/C32H38N2O6/c1-5-38-32(37)31(36)33-26-16-21(2)30(22(3)17-26)40-27-13-14-29(35)25(18-27)19-34(20-28-12-9-15-39-28)23(4)24-10-7-6-8-11-24/h6-8,10-11,13-14,16-18,23,28,35H,5,9,12,15,19-20H2,1-4H3,(H,33,36). The van der Waals surface area contributed by atoms with Gasteiger partial charge in [-0.2, -0.15) is 0 Å². The number of aryl methyl sites for hydroxylation is 2. The van der Waals surface area contributed by atoms with E-state index in [2.05, 4.69) is 29.3 Å². The summed E-state index contributed by atoms with van der Waals surface area (Å²) < 4.78 is 17.0. The molecule has 0 saturated carbocycles. The molecule has 8 nitrogen and oxygen atoms in total. The van der Waals surface area contributed by atoms with Crippen molar-refractivity contribution >= 4 is 17.6 Å². The molecule has 1 fully saturated rings. The van der Waals surface area contributed by atoms with Crippen molar-refractivity contribution in [2.45, 2.75) is 59.2 Å². The van der Waals surface area contributed by atoms with E-state index < -0.39 is 11.9 Å². The number of aromatic hydroxyl groups is 1. The van der Waals surface area contributed by atoms with Crippen molar-refractivity contribution in [3.05, 3.63) is 82.9 Å². The van der Waals surface area contributed by atoms with Crippen LogP contribution in [-0.2, 0) is 25.6 Å². The van der Waals surface area contributed by atoms with Crippen LogP contribution in [0.4, 0.5) is 5.69 Å². The number of hydrogen-bond donors (Lipinski definition) is 2. The van der Waals surface area contributed by atoms with Crippen LogP contribution in [-0.4, -0.2) is 47.7 Å². The third-order valence-corrected chi connectivity index (χ3v) is 7.12. The van der Waals surface area contributed by atoms with Crippen LogP contribution in [0.3, 0.4) is 0 Å². The number of carbonyl (C=O) groups is 2. The Morgan fingerprint density at radius 3 is 2.48 bits per heavy atom. The van der Waals surface area contributed by atoms with Gasteiger partial charge in [-0.25, -0.2) is 4.79 Å². The minimum absolute atomic E-state index is 0.122. The molecule has 3 aromatic rings. The van der Waals surface area contributed by atoms with Crippen molar-refractivity contribution in [1.82, 2.24) is 4.90 Å². The highest BCUT2D eigenvalue weighted by Gasteiger charge is 2.25. The number of ether oxygens (including phenoxy) is 3. The molecule has 1 amide bonds. The maximum absolute atomic E-state index is 12.1. The third kappa shape index (κ3) is 7.40. The summed E-state index contributed by atoms with van der Waals surface area (Å²) in [6.45, 7) is 9.76. The van der Waals surface area contributed by atoms with Crippen LogP contribution in [0.25, 0.3) is 0 Å². The van der Waals surface area contributed by atoms with Crippen molar-refractivity contribution in [3.8, 4) is 17.2 Å². The second kappa shape index (κ2) is 13.5. The molecule has 4 rings (SSSR count). The number of rotatable bonds is 10. The van der Waals surface area contributed by atoms with Gasteiger partial charge in [-0.05, 0) is 87.6 Å². The van der Waals surface area contributed by atoms with Crippen LogP contribution >= 0.6 is 0 Å². The first-order chi connectivity index (χ1) is 19.2. The molecule has 3 aromatic carbocycles. The maximum atomic E-state index is 12.1. The lowest BCUT2D eigenvalue weighted by Crippen LogP contribution is -2.34. The highest BCUT2D eigenvalue weighted by molar-refractivity contribution is 6.37. The largest absolute Gasteiger partial charge is 0.508 e. The van der Waals surface area contributed by atoms with Crippen molar-refractivity contribution in [3.63, 3.8) is 0 Å². The Labute approximate surface area is 235 Å². The summed E-state index contributed by atoms with van der Waals surface area (Å²) in [4.78, 5) is 26.1. The van der Waals surface area contributed by atoms with Crippen molar-refractivity contribution in [2.75, 3.05) is 25.1 Å². The Kier molecular flexibility index (Phi) is 9.79. The molecule has 1 saturated heterocycles. The monoisotopic (exact) mass is 546 g/mol. The minimum atomic E-state index is -0.926. The zero-order valence-corrected chi connectivity index (χ0v) is 23.6. The Morgan fingerprint density at radius 2 is 1.82 bits per heavy atom. The zero-order valence-electron chi connectivity index (χ0n) is 23.6. The molecule has 1 aliphatic rings. The van der Waals surface area contributed by atoms with E-state index >= 15 is 0 Å². The smallest absolute Gasteiger partial charge is 0.397 e. The van der Waals surface area contributed by atoms with Gasteiger partial charge in [0.25, 0.3) is 0 Å². The van der Waals surface area contributed by atoms with Crippen molar-refractivity contribution in [1.29, 1.82) is 0 Å². The Bertz CT molecular complexity index is 1300. The molecule has 0 aromatic heterocycles. The first-order valence-electron chi connectivity index (χ1n) is 13.7. The van der Waals surface area contributed by atoms with Gasteiger partial charge in [-0.1, -0.05) is 30.3 Å². The molecule has 0 spiro atoms. The van der Waals surface area contributed by atoms with Crippen LogP contribution < -0.4 is 10.1 Å². The average molecular weight is 547 g/mol. The van der Waals surface area contributed by atoms with Crippen LogP contribution in [0.2, 0.25) is 0 Å². The third-order valence-electron chi connectivity index (χ3n) is 7.12. The number of amides is 1. The molecule has 0 aliphatic carbocycles. The van der Waals surface area contributed by atoms with Crippen molar-refractivity contribution in [2.24, 2.45) is 0 Å². The quantitative estimate of drug-likeness (QED) is 0.236. The van der Waals surface area contributed by atoms with E-state index in [0.29, 0.717) is 23.7 Å². The molecule has 2 unspecified atom stereocenters. The van der Waals surface area contributed by atoms with E-state index in [4.69, 9.17) is 14.2 Å². The Balaban J connectivity index is 1.53. The Hall–Kier alpha value is -3.88. The summed E-state index contributed by atoms with van der Waals surface area (Å²) in [5.74, 6) is -0.318. The summed E-state index contributed by atoms with van der Waals surface area (Å²) >= 11 is 0. The number of nitrogens with one attached hydrogen (secondary N) is 1. The fraction of sp³-hybridized carbons (Fsp3) is 0.375. The molecule has 0 bridgehead atoms. The number of phenolic OH excluding ortho intramolecular Hbond substituents is 1.